The van der Waals surface area contributed by atoms with Crippen LogP contribution in [0.3, 0.4) is 0 Å². The van der Waals surface area contributed by atoms with Crippen LogP contribution in [0.2, 0.25) is 0 Å². The third-order valence-electron chi connectivity index (χ3n) is 1.37. The SMILES string of the molecule is O=C(O)c1nc(Br)ccc1B(O)O. The number of pyridine rings is 1. The summed E-state index contributed by atoms with van der Waals surface area (Å²) in [4.78, 5) is 14.2. The maximum absolute atomic E-state index is 10.6. The lowest BCUT2D eigenvalue weighted by Gasteiger charge is -2.03. The zero-order valence-corrected chi connectivity index (χ0v) is 7.89. The highest BCUT2D eigenvalue weighted by molar-refractivity contribution is 9.10. The fraction of sp³-hybridized carbons (Fsp3) is 0. The van der Waals surface area contributed by atoms with Gasteiger partial charge in [-0.2, -0.15) is 0 Å². The van der Waals surface area contributed by atoms with Crippen molar-refractivity contribution in [3.05, 3.63) is 22.4 Å². The molecule has 7 heteroatoms. The van der Waals surface area contributed by atoms with Gasteiger partial charge in [-0.25, -0.2) is 9.78 Å². The van der Waals surface area contributed by atoms with E-state index in [2.05, 4.69) is 20.9 Å². The van der Waals surface area contributed by atoms with Crippen LogP contribution in [0.1, 0.15) is 10.5 Å². The van der Waals surface area contributed by atoms with Gasteiger partial charge in [0.1, 0.15) is 10.3 Å². The van der Waals surface area contributed by atoms with Gasteiger partial charge >= 0.3 is 13.1 Å². The fourth-order valence-corrected chi connectivity index (χ4v) is 1.14. The van der Waals surface area contributed by atoms with Crippen LogP contribution in [0.4, 0.5) is 0 Å². The Bertz CT molecular complexity index is 343. The van der Waals surface area contributed by atoms with Gasteiger partial charge in [-0.1, -0.05) is 6.07 Å². The van der Waals surface area contributed by atoms with Crippen molar-refractivity contribution in [2.75, 3.05) is 0 Å². The molecule has 0 atom stereocenters. The zero-order valence-electron chi connectivity index (χ0n) is 6.31. The molecule has 0 saturated heterocycles. The fourth-order valence-electron chi connectivity index (χ4n) is 0.826. The monoisotopic (exact) mass is 245 g/mol. The van der Waals surface area contributed by atoms with Crippen molar-refractivity contribution in [3.63, 3.8) is 0 Å². The van der Waals surface area contributed by atoms with Crippen molar-refractivity contribution in [1.82, 2.24) is 4.98 Å². The Balaban J connectivity index is 3.27. The maximum atomic E-state index is 10.6. The molecule has 0 amide bonds. The molecular weight excluding hydrogens is 241 g/mol. The van der Waals surface area contributed by atoms with E-state index >= 15 is 0 Å². The molecular formula is C6H5BBrNO4. The summed E-state index contributed by atoms with van der Waals surface area (Å²) < 4.78 is 0.328. The molecule has 0 aliphatic carbocycles. The van der Waals surface area contributed by atoms with Crippen molar-refractivity contribution in [2.24, 2.45) is 0 Å². The second-order valence-electron chi connectivity index (χ2n) is 2.25. The van der Waals surface area contributed by atoms with Crippen LogP contribution in [-0.2, 0) is 0 Å². The minimum absolute atomic E-state index is 0.129. The van der Waals surface area contributed by atoms with Crippen LogP contribution in [0, 0.1) is 0 Å². The summed E-state index contributed by atoms with van der Waals surface area (Å²) in [5.74, 6) is -1.30. The van der Waals surface area contributed by atoms with Gasteiger partial charge in [-0.05, 0) is 22.0 Å². The second kappa shape index (κ2) is 3.86. The van der Waals surface area contributed by atoms with E-state index in [1.54, 1.807) is 0 Å². The Morgan fingerprint density at radius 1 is 1.46 bits per heavy atom. The summed E-state index contributed by atoms with van der Waals surface area (Å²) in [6.45, 7) is 0. The summed E-state index contributed by atoms with van der Waals surface area (Å²) in [5, 5.41) is 26.2. The van der Waals surface area contributed by atoms with E-state index in [-0.39, 0.29) is 11.2 Å². The van der Waals surface area contributed by atoms with Crippen molar-refractivity contribution in [1.29, 1.82) is 0 Å². The van der Waals surface area contributed by atoms with Crippen LogP contribution in [0.25, 0.3) is 0 Å². The number of hydrogen-bond donors (Lipinski definition) is 3. The first-order valence-corrected chi connectivity index (χ1v) is 4.07. The molecule has 0 unspecified atom stereocenters. The van der Waals surface area contributed by atoms with Crippen molar-refractivity contribution in [2.45, 2.75) is 0 Å². The van der Waals surface area contributed by atoms with Gasteiger partial charge in [0.15, 0.2) is 0 Å². The molecule has 13 heavy (non-hydrogen) atoms. The van der Waals surface area contributed by atoms with Gasteiger partial charge < -0.3 is 15.2 Å². The number of carbonyl (C=O) groups is 1. The van der Waals surface area contributed by atoms with Crippen LogP contribution >= 0.6 is 15.9 Å². The molecule has 0 saturated carbocycles. The number of aromatic carboxylic acids is 1. The van der Waals surface area contributed by atoms with E-state index in [0.29, 0.717) is 4.60 Å². The van der Waals surface area contributed by atoms with Gasteiger partial charge in [0.05, 0.1) is 0 Å². The highest BCUT2D eigenvalue weighted by Gasteiger charge is 2.21. The normalized spacial score (nSPS) is 9.77. The summed E-state index contributed by atoms with van der Waals surface area (Å²) in [7, 11) is -1.83. The summed E-state index contributed by atoms with van der Waals surface area (Å²) in [5.41, 5.74) is -0.500. The second-order valence-corrected chi connectivity index (χ2v) is 3.06. The average Bonchev–Trinajstić information content (AvgIpc) is 2.03. The molecule has 0 aliphatic rings. The molecule has 0 fully saturated rings. The number of rotatable bonds is 2. The molecule has 0 bridgehead atoms. The average molecular weight is 246 g/mol. The Morgan fingerprint density at radius 2 is 2.08 bits per heavy atom. The predicted octanol–water partition coefficient (Wildman–Crippen LogP) is -0.778. The van der Waals surface area contributed by atoms with Gasteiger partial charge in [0.25, 0.3) is 0 Å². The number of nitrogens with zero attached hydrogens (tertiary/aromatic N) is 1. The van der Waals surface area contributed by atoms with Gasteiger partial charge in [0.2, 0.25) is 0 Å². The van der Waals surface area contributed by atoms with Crippen molar-refractivity contribution < 1.29 is 19.9 Å². The summed E-state index contributed by atoms with van der Waals surface area (Å²) >= 11 is 2.98. The lowest BCUT2D eigenvalue weighted by atomic mass is 9.79. The third kappa shape index (κ3) is 2.27. The number of carboxylic acids is 1. The number of aromatic nitrogens is 1. The van der Waals surface area contributed by atoms with Crippen LogP contribution in [0.5, 0.6) is 0 Å². The first-order valence-electron chi connectivity index (χ1n) is 3.28. The molecule has 0 aromatic carbocycles. The highest BCUT2D eigenvalue weighted by Crippen LogP contribution is 2.05. The molecule has 1 rings (SSSR count). The molecule has 0 spiro atoms. The lowest BCUT2D eigenvalue weighted by Crippen LogP contribution is -2.35. The molecule has 1 aromatic heterocycles. The Labute approximate surface area is 82.3 Å². The zero-order chi connectivity index (χ0) is 10.0. The molecule has 0 aliphatic heterocycles. The Morgan fingerprint density at radius 3 is 2.54 bits per heavy atom. The van der Waals surface area contributed by atoms with Gasteiger partial charge in [-0.3, -0.25) is 0 Å². The number of halogens is 1. The lowest BCUT2D eigenvalue weighted by molar-refractivity contribution is 0.0691. The molecule has 0 radical (unpaired) electrons. The first kappa shape index (κ1) is 10.2. The Kier molecular flexibility index (Phi) is 3.02. The highest BCUT2D eigenvalue weighted by atomic mass is 79.9. The third-order valence-corrected chi connectivity index (χ3v) is 1.81. The summed E-state index contributed by atoms with van der Waals surface area (Å²) in [6.07, 6.45) is 0. The summed E-state index contributed by atoms with van der Waals surface area (Å²) in [6, 6.07) is 2.71. The van der Waals surface area contributed by atoms with E-state index in [4.69, 9.17) is 15.2 Å². The molecule has 3 N–H and O–H groups in total. The first-order chi connectivity index (χ1) is 6.02. The predicted molar refractivity (Wildman–Crippen MR) is 48.7 cm³/mol. The van der Waals surface area contributed by atoms with E-state index in [9.17, 15) is 4.79 Å². The van der Waals surface area contributed by atoms with Crippen LogP contribution < -0.4 is 5.46 Å². The quantitative estimate of drug-likeness (QED) is 0.470. The largest absolute Gasteiger partial charge is 0.490 e. The van der Waals surface area contributed by atoms with E-state index in [0.717, 1.165) is 0 Å². The van der Waals surface area contributed by atoms with E-state index in [1.807, 2.05) is 0 Å². The smallest absolute Gasteiger partial charge is 0.477 e. The maximum Gasteiger partial charge on any atom is 0.490 e. The standard InChI is InChI=1S/C6H5BBrNO4/c8-4-2-1-3(7(12)13)5(9-4)6(10)11/h1-2,12-13H,(H,10,11). The van der Waals surface area contributed by atoms with Gasteiger partial charge in [0, 0.05) is 5.46 Å². The minimum Gasteiger partial charge on any atom is -0.477 e. The number of carboxylic acid groups (broad SMARTS) is 1. The van der Waals surface area contributed by atoms with Crippen LogP contribution in [0.15, 0.2) is 16.7 Å². The van der Waals surface area contributed by atoms with Gasteiger partial charge in [-0.15, -0.1) is 0 Å². The van der Waals surface area contributed by atoms with Crippen LogP contribution in [-0.4, -0.2) is 33.2 Å². The number of hydrogen-bond acceptors (Lipinski definition) is 4. The van der Waals surface area contributed by atoms with E-state index in [1.165, 1.54) is 12.1 Å². The van der Waals surface area contributed by atoms with Crippen molar-refractivity contribution in [3.8, 4) is 0 Å². The molecule has 68 valence electrons. The Hall–Kier alpha value is -0.915. The topological polar surface area (TPSA) is 90.7 Å². The minimum atomic E-state index is -1.83. The van der Waals surface area contributed by atoms with E-state index < -0.39 is 13.1 Å². The molecule has 1 heterocycles. The molecule has 5 nitrogen and oxygen atoms in total. The molecule has 1 aromatic rings. The van der Waals surface area contributed by atoms with Crippen molar-refractivity contribution >= 4 is 34.5 Å².